The van der Waals surface area contributed by atoms with Crippen LogP contribution >= 0.6 is 0 Å². The van der Waals surface area contributed by atoms with Crippen LogP contribution < -0.4 is 23.7 Å². The zero-order valence-corrected chi connectivity index (χ0v) is 22.0. The molecule has 0 saturated carbocycles. The van der Waals surface area contributed by atoms with Crippen molar-refractivity contribution >= 4 is 0 Å². The third-order valence-electron chi connectivity index (χ3n) is 5.30. The molecule has 200 valence electrons. The summed E-state index contributed by atoms with van der Waals surface area (Å²) in [6, 6.07) is 28.6. The quantitative estimate of drug-likeness (QED) is 0.169. The van der Waals surface area contributed by atoms with E-state index < -0.39 is 0 Å². The van der Waals surface area contributed by atoms with Crippen LogP contribution in [0.2, 0.25) is 0 Å². The molecule has 0 saturated heterocycles. The molecule has 7 nitrogen and oxygen atoms in total. The molecular formula is C32H31NO6. The van der Waals surface area contributed by atoms with Crippen molar-refractivity contribution in [2.45, 2.75) is 26.6 Å². The van der Waals surface area contributed by atoms with E-state index in [9.17, 15) is 0 Å². The highest BCUT2D eigenvalue weighted by Gasteiger charge is 2.12. The second-order valence-electron chi connectivity index (χ2n) is 8.40. The number of aromatic nitrogens is 1. The third kappa shape index (κ3) is 9.29. The fourth-order valence-electron chi connectivity index (χ4n) is 3.42. The van der Waals surface area contributed by atoms with Crippen LogP contribution in [-0.4, -0.2) is 31.1 Å². The molecule has 0 N–H and O–H groups in total. The summed E-state index contributed by atoms with van der Waals surface area (Å²) >= 11 is 0. The minimum Gasteiger partial charge on any atom is -0.490 e. The maximum atomic E-state index is 5.75. The highest BCUT2D eigenvalue weighted by molar-refractivity contribution is 5.44. The van der Waals surface area contributed by atoms with Gasteiger partial charge in [-0.1, -0.05) is 36.3 Å². The molecule has 1 aliphatic rings. The number of hydrogen-bond acceptors (Lipinski definition) is 7. The number of rotatable bonds is 10. The molecule has 4 aromatic rings. The number of nitrogens with zero attached hydrogens (tertiary/aromatic N) is 1. The van der Waals surface area contributed by atoms with Crippen molar-refractivity contribution in [2.75, 3.05) is 20.0 Å². The van der Waals surface area contributed by atoms with E-state index in [2.05, 4.69) is 16.8 Å². The van der Waals surface area contributed by atoms with E-state index in [0.717, 1.165) is 34.3 Å². The molecule has 1 aliphatic heterocycles. The van der Waals surface area contributed by atoms with E-state index in [1.165, 1.54) is 0 Å². The molecule has 1 unspecified atom stereocenters. The first-order chi connectivity index (χ1) is 19.2. The van der Waals surface area contributed by atoms with Gasteiger partial charge in [0.05, 0.1) is 6.61 Å². The van der Waals surface area contributed by atoms with Gasteiger partial charge in [-0.25, -0.2) is 4.98 Å². The summed E-state index contributed by atoms with van der Waals surface area (Å²) in [5, 5.41) is 0. The van der Waals surface area contributed by atoms with Gasteiger partial charge >= 0.3 is 0 Å². The molecule has 0 aliphatic carbocycles. The maximum absolute atomic E-state index is 5.75. The van der Waals surface area contributed by atoms with Gasteiger partial charge < -0.3 is 28.4 Å². The molecule has 0 radical (unpaired) electrons. The number of fused-ring (bicyclic) bond motifs is 1. The Morgan fingerprint density at radius 3 is 2.36 bits per heavy atom. The lowest BCUT2D eigenvalue weighted by Crippen LogP contribution is -2.21. The molecule has 0 bridgehead atoms. The zero-order chi connectivity index (χ0) is 27.1. The molecule has 2 heterocycles. The van der Waals surface area contributed by atoms with Crippen LogP contribution in [0.15, 0.2) is 97.2 Å². The van der Waals surface area contributed by atoms with Gasteiger partial charge in [-0.05, 0) is 74.0 Å². The van der Waals surface area contributed by atoms with Crippen LogP contribution in [0.3, 0.4) is 0 Å². The van der Waals surface area contributed by atoms with E-state index >= 15 is 0 Å². The topological polar surface area (TPSA) is 68.3 Å². The summed E-state index contributed by atoms with van der Waals surface area (Å²) in [6.45, 7) is 5.50. The summed E-state index contributed by atoms with van der Waals surface area (Å²) in [6.07, 6.45) is 1.61. The Kier molecular flexibility index (Phi) is 10.5. The normalized spacial score (nSPS) is 11.7. The van der Waals surface area contributed by atoms with Gasteiger partial charge in [0.25, 0.3) is 0 Å². The second-order valence-corrected chi connectivity index (χ2v) is 8.40. The molecule has 1 atom stereocenters. The molecular weight excluding hydrogens is 494 g/mol. The lowest BCUT2D eigenvalue weighted by atomic mass is 10.2. The number of para-hydroxylation sites is 1. The first-order valence-corrected chi connectivity index (χ1v) is 12.6. The van der Waals surface area contributed by atoms with Crippen molar-refractivity contribution in [2.24, 2.45) is 0 Å². The average Bonchev–Trinajstić information content (AvgIpc) is 3.45. The van der Waals surface area contributed by atoms with Gasteiger partial charge in [-0.3, -0.25) is 0 Å². The predicted molar refractivity (Wildman–Crippen MR) is 148 cm³/mol. The fraction of sp³-hybridized carbons (Fsp3) is 0.219. The second kappa shape index (κ2) is 14.9. The van der Waals surface area contributed by atoms with Gasteiger partial charge in [-0.15, -0.1) is 5.92 Å². The first kappa shape index (κ1) is 27.4. The summed E-state index contributed by atoms with van der Waals surface area (Å²) in [7, 11) is 0. The lowest BCUT2D eigenvalue weighted by molar-refractivity contribution is 0.138. The van der Waals surface area contributed by atoms with Crippen LogP contribution in [0.1, 0.15) is 19.4 Å². The van der Waals surface area contributed by atoms with Crippen LogP contribution in [0.25, 0.3) is 0 Å². The minimum absolute atomic E-state index is 0.0971. The standard InChI is InChI=1S/C20H19NO3.C12H12O3/c1-16(23-20-9-5-6-14-21-20)15-22-17-10-12-19(13-11-17)24-18-7-3-2-4-8-18;1-2-3-6-13-8-10-4-5-11-12(7-10)15-9-14-11/h2-14,16H,15H2,1H3;4-5,7H,6,8-9H2,1H3. The molecule has 39 heavy (non-hydrogen) atoms. The van der Waals surface area contributed by atoms with Crippen molar-refractivity contribution < 1.29 is 28.4 Å². The SMILES string of the molecule is CC#CCOCc1ccc2c(c1)OCO2.CC(COc1ccc(Oc2ccccc2)cc1)Oc1ccccn1. The minimum atomic E-state index is -0.0971. The lowest BCUT2D eigenvalue weighted by Gasteiger charge is -2.15. The van der Waals surface area contributed by atoms with Crippen molar-refractivity contribution in [1.29, 1.82) is 0 Å². The van der Waals surface area contributed by atoms with Crippen LogP contribution in [0, 0.1) is 11.8 Å². The van der Waals surface area contributed by atoms with E-state index in [1.807, 2.05) is 97.9 Å². The summed E-state index contributed by atoms with van der Waals surface area (Å²) in [5.74, 6) is 10.2. The first-order valence-electron chi connectivity index (χ1n) is 12.6. The van der Waals surface area contributed by atoms with Gasteiger partial charge in [0.2, 0.25) is 12.7 Å². The Bertz CT molecular complexity index is 1330. The Labute approximate surface area is 229 Å². The molecule has 0 spiro atoms. The summed E-state index contributed by atoms with van der Waals surface area (Å²) in [5.41, 5.74) is 1.07. The molecule has 0 fully saturated rings. The van der Waals surface area contributed by atoms with E-state index in [4.69, 9.17) is 28.4 Å². The van der Waals surface area contributed by atoms with E-state index in [0.29, 0.717) is 32.5 Å². The Morgan fingerprint density at radius 1 is 0.846 bits per heavy atom. The number of benzene rings is 3. The molecule has 3 aromatic carbocycles. The fourth-order valence-corrected chi connectivity index (χ4v) is 3.42. The van der Waals surface area contributed by atoms with Crippen LogP contribution in [0.4, 0.5) is 0 Å². The number of ether oxygens (including phenoxy) is 6. The zero-order valence-electron chi connectivity index (χ0n) is 22.0. The largest absolute Gasteiger partial charge is 0.490 e. The molecule has 0 amide bonds. The number of pyridine rings is 1. The Hall–Kier alpha value is -4.67. The van der Waals surface area contributed by atoms with Gasteiger partial charge in [0, 0.05) is 12.3 Å². The third-order valence-corrected chi connectivity index (χ3v) is 5.30. The monoisotopic (exact) mass is 525 g/mol. The van der Waals surface area contributed by atoms with Gasteiger partial charge in [0.15, 0.2) is 11.5 Å². The van der Waals surface area contributed by atoms with Crippen molar-refractivity contribution in [3.05, 3.63) is 103 Å². The van der Waals surface area contributed by atoms with E-state index in [1.54, 1.807) is 13.1 Å². The highest BCUT2D eigenvalue weighted by atomic mass is 16.7. The van der Waals surface area contributed by atoms with E-state index in [-0.39, 0.29) is 6.10 Å². The Morgan fingerprint density at radius 2 is 1.59 bits per heavy atom. The molecule has 5 rings (SSSR count). The van der Waals surface area contributed by atoms with Gasteiger partial charge in [0.1, 0.15) is 36.6 Å². The Balaban J connectivity index is 0.000000202. The average molecular weight is 526 g/mol. The highest BCUT2D eigenvalue weighted by Crippen LogP contribution is 2.32. The van der Waals surface area contributed by atoms with Crippen molar-refractivity contribution in [3.63, 3.8) is 0 Å². The summed E-state index contributed by atoms with van der Waals surface area (Å²) < 4.78 is 33.0. The van der Waals surface area contributed by atoms with Gasteiger partial charge in [-0.2, -0.15) is 0 Å². The molecule has 7 heteroatoms. The maximum Gasteiger partial charge on any atom is 0.231 e. The smallest absolute Gasteiger partial charge is 0.231 e. The van der Waals surface area contributed by atoms with Crippen molar-refractivity contribution in [1.82, 2.24) is 4.98 Å². The van der Waals surface area contributed by atoms with Crippen LogP contribution in [-0.2, 0) is 11.3 Å². The molecule has 1 aromatic heterocycles. The predicted octanol–water partition coefficient (Wildman–Crippen LogP) is 6.68. The van der Waals surface area contributed by atoms with Crippen LogP contribution in [0.5, 0.6) is 34.6 Å². The summed E-state index contributed by atoms with van der Waals surface area (Å²) in [4.78, 5) is 4.13. The van der Waals surface area contributed by atoms with Crippen molar-refractivity contribution in [3.8, 4) is 46.5 Å². The number of hydrogen-bond donors (Lipinski definition) is 0.